The fraction of sp³-hybridized carbons (Fsp3) is 0.786. The molecule has 0 radical (unpaired) electrons. The van der Waals surface area contributed by atoms with E-state index in [1.165, 1.54) is 5.57 Å². The van der Waals surface area contributed by atoms with E-state index in [9.17, 15) is 4.79 Å². The van der Waals surface area contributed by atoms with Crippen molar-refractivity contribution in [3.8, 4) is 0 Å². The van der Waals surface area contributed by atoms with E-state index in [1.807, 2.05) is 0 Å². The zero-order valence-electron chi connectivity index (χ0n) is 12.2. The van der Waals surface area contributed by atoms with Gasteiger partial charge in [0.2, 0.25) is 0 Å². The topological polar surface area (TPSA) is 46.5 Å². The second-order valence-corrected chi connectivity index (χ2v) is 11.5. The van der Waals surface area contributed by atoms with Crippen molar-refractivity contribution in [2.24, 2.45) is 0 Å². The first-order valence-electron chi connectivity index (χ1n) is 6.69. The van der Waals surface area contributed by atoms with Crippen molar-refractivity contribution >= 4 is 14.3 Å². The average Bonchev–Trinajstić information content (AvgIpc) is 2.60. The first kappa shape index (κ1) is 15.4. The Balaban J connectivity index is 2.44. The number of hydrogen-bond acceptors (Lipinski definition) is 2. The molecule has 1 aliphatic rings. The van der Waals surface area contributed by atoms with E-state index in [4.69, 9.17) is 9.53 Å². The molecule has 1 unspecified atom stereocenters. The molecule has 4 heteroatoms. The van der Waals surface area contributed by atoms with Crippen molar-refractivity contribution in [3.63, 3.8) is 0 Å². The summed E-state index contributed by atoms with van der Waals surface area (Å²) >= 11 is 0. The van der Waals surface area contributed by atoms with Crippen molar-refractivity contribution in [1.82, 2.24) is 0 Å². The molecule has 3 nitrogen and oxygen atoms in total. The zero-order valence-corrected chi connectivity index (χ0v) is 13.2. The minimum Gasteiger partial charge on any atom is -0.481 e. The lowest BCUT2D eigenvalue weighted by atomic mass is 10.1. The van der Waals surface area contributed by atoms with Crippen LogP contribution in [0, 0.1) is 0 Å². The van der Waals surface area contributed by atoms with Crippen molar-refractivity contribution in [3.05, 3.63) is 11.6 Å². The van der Waals surface area contributed by atoms with E-state index in [-0.39, 0.29) is 17.6 Å². The van der Waals surface area contributed by atoms with Crippen LogP contribution in [-0.4, -0.2) is 25.5 Å². The second kappa shape index (κ2) is 5.57. The third kappa shape index (κ3) is 4.25. The zero-order chi connectivity index (χ0) is 14.0. The first-order chi connectivity index (χ1) is 8.12. The van der Waals surface area contributed by atoms with E-state index < -0.39 is 14.3 Å². The van der Waals surface area contributed by atoms with Crippen LogP contribution in [0.3, 0.4) is 0 Å². The summed E-state index contributed by atoms with van der Waals surface area (Å²) in [6.45, 7) is 11.3. The Morgan fingerprint density at radius 2 is 2.11 bits per heavy atom. The highest BCUT2D eigenvalue weighted by molar-refractivity contribution is 6.74. The van der Waals surface area contributed by atoms with Crippen LogP contribution in [-0.2, 0) is 9.22 Å². The molecule has 1 atom stereocenters. The summed E-state index contributed by atoms with van der Waals surface area (Å²) in [6, 6.07) is 0. The van der Waals surface area contributed by atoms with Gasteiger partial charge in [0.15, 0.2) is 8.32 Å². The molecule has 1 N–H and O–H groups in total. The summed E-state index contributed by atoms with van der Waals surface area (Å²) in [4.78, 5) is 10.5. The molecular formula is C14H26O3Si. The molecular weight excluding hydrogens is 244 g/mol. The standard InChI is InChI=1S/C14H26O3Si/c1-14(2,3)18(4,5)17-12-8-6-11(10-12)7-9-13(15)16/h6,12H,7-10H2,1-5H3,(H,15,16). The predicted molar refractivity (Wildman–Crippen MR) is 76.3 cm³/mol. The van der Waals surface area contributed by atoms with Gasteiger partial charge in [-0.05, 0) is 37.4 Å². The first-order valence-corrected chi connectivity index (χ1v) is 9.60. The molecule has 0 spiro atoms. The number of rotatable bonds is 5. The lowest BCUT2D eigenvalue weighted by Crippen LogP contribution is -2.43. The molecule has 1 rings (SSSR count). The van der Waals surface area contributed by atoms with Crippen molar-refractivity contribution < 1.29 is 14.3 Å². The second-order valence-electron chi connectivity index (χ2n) is 6.70. The molecule has 1 aliphatic carbocycles. The van der Waals surface area contributed by atoms with E-state index in [0.29, 0.717) is 6.42 Å². The lowest BCUT2D eigenvalue weighted by Gasteiger charge is -2.38. The molecule has 0 fully saturated rings. The van der Waals surface area contributed by atoms with Gasteiger partial charge in [0.25, 0.3) is 0 Å². The van der Waals surface area contributed by atoms with E-state index in [0.717, 1.165) is 12.8 Å². The highest BCUT2D eigenvalue weighted by Crippen LogP contribution is 2.39. The van der Waals surface area contributed by atoms with E-state index in [1.54, 1.807) is 0 Å². The molecule has 0 aliphatic heterocycles. The van der Waals surface area contributed by atoms with E-state index in [2.05, 4.69) is 39.9 Å². The van der Waals surface area contributed by atoms with Gasteiger partial charge in [-0.2, -0.15) is 0 Å². The molecule has 0 saturated carbocycles. The van der Waals surface area contributed by atoms with Crippen LogP contribution in [0.5, 0.6) is 0 Å². The summed E-state index contributed by atoms with van der Waals surface area (Å²) in [5.41, 5.74) is 1.25. The highest BCUT2D eigenvalue weighted by Gasteiger charge is 2.39. The van der Waals surface area contributed by atoms with Gasteiger partial charge >= 0.3 is 5.97 Å². The summed E-state index contributed by atoms with van der Waals surface area (Å²) in [5, 5.41) is 8.91. The van der Waals surface area contributed by atoms with Gasteiger partial charge in [-0.3, -0.25) is 4.79 Å². The highest BCUT2D eigenvalue weighted by atomic mass is 28.4. The van der Waals surface area contributed by atoms with Crippen molar-refractivity contribution in [2.75, 3.05) is 0 Å². The number of carbonyl (C=O) groups is 1. The molecule has 0 bridgehead atoms. The Morgan fingerprint density at radius 1 is 1.50 bits per heavy atom. The summed E-state index contributed by atoms with van der Waals surface area (Å²) in [6.07, 6.45) is 5.21. The maximum atomic E-state index is 10.5. The molecule has 0 heterocycles. The van der Waals surface area contributed by atoms with Crippen LogP contribution >= 0.6 is 0 Å². The van der Waals surface area contributed by atoms with Crippen LogP contribution < -0.4 is 0 Å². The van der Waals surface area contributed by atoms with Crippen molar-refractivity contribution in [2.45, 2.75) is 70.7 Å². The number of carboxylic acids is 1. The maximum absolute atomic E-state index is 10.5. The molecule has 0 aromatic carbocycles. The van der Waals surface area contributed by atoms with Gasteiger partial charge in [0.05, 0.1) is 6.10 Å². The van der Waals surface area contributed by atoms with E-state index >= 15 is 0 Å². The molecule has 104 valence electrons. The smallest absolute Gasteiger partial charge is 0.303 e. The minimum absolute atomic E-state index is 0.233. The Labute approximate surface area is 111 Å². The summed E-state index contributed by atoms with van der Waals surface area (Å²) < 4.78 is 6.34. The SMILES string of the molecule is CC(C)(C)[Si](C)(C)OC1CC=C(CCC(=O)O)C1. The van der Waals surface area contributed by atoms with Gasteiger partial charge < -0.3 is 9.53 Å². The third-order valence-corrected chi connectivity index (χ3v) is 8.62. The molecule has 0 saturated heterocycles. The van der Waals surface area contributed by atoms with Gasteiger partial charge in [0, 0.05) is 6.42 Å². The Hall–Kier alpha value is -0.613. The van der Waals surface area contributed by atoms with Crippen LogP contribution in [0.15, 0.2) is 11.6 Å². The molecule has 0 aromatic heterocycles. The normalized spacial score (nSPS) is 20.9. The van der Waals surface area contributed by atoms with Gasteiger partial charge in [-0.15, -0.1) is 0 Å². The fourth-order valence-corrected chi connectivity index (χ4v) is 3.28. The maximum Gasteiger partial charge on any atom is 0.303 e. The number of hydrogen-bond donors (Lipinski definition) is 1. The monoisotopic (exact) mass is 270 g/mol. The van der Waals surface area contributed by atoms with Crippen LogP contribution in [0.25, 0.3) is 0 Å². The van der Waals surface area contributed by atoms with Crippen molar-refractivity contribution in [1.29, 1.82) is 0 Å². The largest absolute Gasteiger partial charge is 0.481 e. The molecule has 0 aromatic rings. The Kier molecular flexibility index (Phi) is 4.78. The third-order valence-electron chi connectivity index (χ3n) is 4.09. The van der Waals surface area contributed by atoms with Crippen LogP contribution in [0.4, 0.5) is 0 Å². The minimum atomic E-state index is -1.69. The average molecular weight is 270 g/mol. The Bertz CT molecular complexity index is 339. The summed E-state index contributed by atoms with van der Waals surface area (Å²) in [5.74, 6) is -0.718. The number of aliphatic carboxylic acids is 1. The summed E-state index contributed by atoms with van der Waals surface area (Å²) in [7, 11) is -1.69. The van der Waals surface area contributed by atoms with Gasteiger partial charge in [0.1, 0.15) is 0 Å². The van der Waals surface area contributed by atoms with Gasteiger partial charge in [-0.25, -0.2) is 0 Å². The Morgan fingerprint density at radius 3 is 2.61 bits per heavy atom. The molecule has 18 heavy (non-hydrogen) atoms. The van der Waals surface area contributed by atoms with Gasteiger partial charge in [-0.1, -0.05) is 32.4 Å². The quantitative estimate of drug-likeness (QED) is 0.607. The van der Waals surface area contributed by atoms with Crippen LogP contribution in [0.2, 0.25) is 18.1 Å². The van der Waals surface area contributed by atoms with Crippen LogP contribution in [0.1, 0.15) is 46.5 Å². The lowest BCUT2D eigenvalue weighted by molar-refractivity contribution is -0.136. The fourth-order valence-electron chi connectivity index (χ4n) is 1.91. The predicted octanol–water partition coefficient (Wildman–Crippen LogP) is 3.96. The molecule has 0 amide bonds. The number of carboxylic acid groups (broad SMARTS) is 1.